The summed E-state index contributed by atoms with van der Waals surface area (Å²) in [6.45, 7) is 3.90. The highest BCUT2D eigenvalue weighted by atomic mass is 35.5. The van der Waals surface area contributed by atoms with Crippen molar-refractivity contribution in [1.29, 1.82) is 0 Å². The van der Waals surface area contributed by atoms with Gasteiger partial charge in [0.15, 0.2) is 11.7 Å². The van der Waals surface area contributed by atoms with Gasteiger partial charge in [0.2, 0.25) is 0 Å². The van der Waals surface area contributed by atoms with E-state index in [2.05, 4.69) is 5.32 Å². The van der Waals surface area contributed by atoms with Gasteiger partial charge in [0.05, 0.1) is 0 Å². The molecule has 0 saturated heterocycles. The number of hydrogen-bond acceptors (Lipinski definition) is 4. The summed E-state index contributed by atoms with van der Waals surface area (Å²) in [6, 6.07) is 24.2. The molecule has 0 amide bonds. The summed E-state index contributed by atoms with van der Waals surface area (Å²) < 4.78 is 6.25. The number of carbonyl (C=O) groups excluding carboxylic acids is 1. The summed E-state index contributed by atoms with van der Waals surface area (Å²) in [5.74, 6) is -0.717. The maximum atomic E-state index is 13.3. The molecule has 162 valence electrons. The van der Waals surface area contributed by atoms with Crippen molar-refractivity contribution in [2.24, 2.45) is 0 Å². The molecule has 0 saturated carbocycles. The average molecular weight is 438 g/mol. The molecule has 0 radical (unpaired) electrons. The summed E-state index contributed by atoms with van der Waals surface area (Å²) in [5, 5.41) is 14.2. The second kappa shape index (κ2) is 10.1. The molecule has 0 aliphatic carbocycles. The standard InChI is InChI=1S/C26H28ClNO3/c1-4-23(28-3)24(29)25(30)31-26(19-10-6-5-7-11-19,20-16-14-18(2)15-17-20)21-12-8-9-13-22(21)27/h5-17,23-24,28-29H,4H2,1-3H3. The van der Waals surface area contributed by atoms with Gasteiger partial charge in [-0.15, -0.1) is 0 Å². The second-order valence-corrected chi connectivity index (χ2v) is 7.97. The predicted octanol–water partition coefficient (Wildman–Crippen LogP) is 4.84. The van der Waals surface area contributed by atoms with Gasteiger partial charge in [-0.2, -0.15) is 0 Å². The smallest absolute Gasteiger partial charge is 0.338 e. The Balaban J connectivity index is 2.26. The number of likely N-dealkylation sites (N-methyl/N-ethyl adjacent to an activating group) is 1. The second-order valence-electron chi connectivity index (χ2n) is 7.56. The molecule has 3 unspecified atom stereocenters. The van der Waals surface area contributed by atoms with E-state index in [-0.39, 0.29) is 0 Å². The zero-order valence-corrected chi connectivity index (χ0v) is 18.8. The van der Waals surface area contributed by atoms with E-state index in [0.717, 1.165) is 16.7 Å². The van der Waals surface area contributed by atoms with Crippen LogP contribution < -0.4 is 5.32 Å². The normalized spacial score (nSPS) is 15.0. The molecule has 3 aromatic carbocycles. The number of aliphatic hydroxyl groups excluding tert-OH is 1. The highest BCUT2D eigenvalue weighted by molar-refractivity contribution is 6.31. The molecule has 0 aliphatic rings. The van der Waals surface area contributed by atoms with Gasteiger partial charge < -0.3 is 15.2 Å². The summed E-state index contributed by atoms with van der Waals surface area (Å²) >= 11 is 6.65. The number of ether oxygens (including phenoxy) is 1. The van der Waals surface area contributed by atoms with Crippen LogP contribution in [-0.2, 0) is 15.1 Å². The van der Waals surface area contributed by atoms with Gasteiger partial charge in [-0.05, 0) is 26.5 Å². The summed E-state index contributed by atoms with van der Waals surface area (Å²) in [7, 11) is 1.71. The minimum Gasteiger partial charge on any atom is -0.442 e. The van der Waals surface area contributed by atoms with Gasteiger partial charge in [-0.25, -0.2) is 4.79 Å². The van der Waals surface area contributed by atoms with Crippen LogP contribution in [0, 0.1) is 6.92 Å². The van der Waals surface area contributed by atoms with Crippen molar-refractivity contribution in [2.45, 2.75) is 38.0 Å². The van der Waals surface area contributed by atoms with Crippen LogP contribution >= 0.6 is 11.6 Å². The van der Waals surface area contributed by atoms with Crippen molar-refractivity contribution in [3.8, 4) is 0 Å². The Hall–Kier alpha value is -2.66. The lowest BCUT2D eigenvalue weighted by Crippen LogP contribution is -2.46. The molecule has 0 fully saturated rings. The van der Waals surface area contributed by atoms with E-state index in [0.29, 0.717) is 17.0 Å². The summed E-state index contributed by atoms with van der Waals surface area (Å²) in [6.07, 6.45) is -0.757. The van der Waals surface area contributed by atoms with Crippen LogP contribution in [0.5, 0.6) is 0 Å². The van der Waals surface area contributed by atoms with Gasteiger partial charge >= 0.3 is 5.97 Å². The number of hydrogen-bond donors (Lipinski definition) is 2. The molecular formula is C26H28ClNO3. The van der Waals surface area contributed by atoms with Crippen LogP contribution in [0.4, 0.5) is 0 Å². The van der Waals surface area contributed by atoms with Crippen molar-refractivity contribution >= 4 is 17.6 Å². The number of nitrogens with one attached hydrogen (secondary N) is 1. The first-order valence-electron chi connectivity index (χ1n) is 10.4. The fourth-order valence-electron chi connectivity index (χ4n) is 3.82. The molecule has 5 heteroatoms. The third-order valence-electron chi connectivity index (χ3n) is 5.58. The fraction of sp³-hybridized carbons (Fsp3) is 0.269. The number of halogens is 1. The third kappa shape index (κ3) is 4.67. The molecule has 0 aromatic heterocycles. The van der Waals surface area contributed by atoms with E-state index < -0.39 is 23.7 Å². The Bertz CT molecular complexity index is 1000. The zero-order chi connectivity index (χ0) is 22.4. The molecule has 3 atom stereocenters. The maximum absolute atomic E-state index is 13.3. The highest BCUT2D eigenvalue weighted by Crippen LogP contribution is 2.43. The molecule has 4 nitrogen and oxygen atoms in total. The molecule has 2 N–H and O–H groups in total. The highest BCUT2D eigenvalue weighted by Gasteiger charge is 2.43. The molecule has 0 bridgehead atoms. The Morgan fingerprint density at radius 2 is 1.58 bits per heavy atom. The van der Waals surface area contributed by atoms with E-state index in [1.54, 1.807) is 13.1 Å². The lowest BCUT2D eigenvalue weighted by atomic mass is 9.79. The first-order chi connectivity index (χ1) is 14.9. The Kier molecular flexibility index (Phi) is 7.50. The fourth-order valence-corrected chi connectivity index (χ4v) is 4.09. The van der Waals surface area contributed by atoms with E-state index in [4.69, 9.17) is 16.3 Å². The number of rotatable bonds is 8. The summed E-state index contributed by atoms with van der Waals surface area (Å²) in [4.78, 5) is 13.3. The minimum atomic E-state index is -1.33. The number of aliphatic hydroxyl groups is 1. The molecule has 3 rings (SSSR count). The van der Waals surface area contributed by atoms with Gasteiger partial charge in [0.1, 0.15) is 0 Å². The van der Waals surface area contributed by atoms with Crippen LogP contribution in [0.15, 0.2) is 78.9 Å². The Labute approximate surface area is 188 Å². The van der Waals surface area contributed by atoms with Gasteiger partial charge in [-0.1, -0.05) is 96.9 Å². The van der Waals surface area contributed by atoms with E-state index in [9.17, 15) is 9.90 Å². The molecule has 31 heavy (non-hydrogen) atoms. The molecule has 0 spiro atoms. The van der Waals surface area contributed by atoms with Gasteiger partial charge in [0.25, 0.3) is 0 Å². The first kappa shape index (κ1) is 23.0. The Morgan fingerprint density at radius 3 is 2.16 bits per heavy atom. The number of carbonyl (C=O) groups is 1. The molecule has 0 heterocycles. The van der Waals surface area contributed by atoms with E-state index in [1.165, 1.54) is 0 Å². The maximum Gasteiger partial charge on any atom is 0.338 e. The monoisotopic (exact) mass is 437 g/mol. The van der Waals surface area contributed by atoms with Crippen molar-refractivity contribution in [2.75, 3.05) is 7.05 Å². The molecular weight excluding hydrogens is 410 g/mol. The lowest BCUT2D eigenvalue weighted by molar-refractivity contribution is -0.165. The van der Waals surface area contributed by atoms with Crippen LogP contribution in [0.1, 0.15) is 35.6 Å². The molecule has 0 aliphatic heterocycles. The van der Waals surface area contributed by atoms with Gasteiger partial charge in [-0.3, -0.25) is 0 Å². The minimum absolute atomic E-state index is 0.426. The first-order valence-corrected chi connectivity index (χ1v) is 10.8. The topological polar surface area (TPSA) is 58.6 Å². The van der Waals surface area contributed by atoms with Gasteiger partial charge in [0, 0.05) is 27.8 Å². The van der Waals surface area contributed by atoms with Crippen LogP contribution in [0.25, 0.3) is 0 Å². The molecule has 3 aromatic rings. The number of benzene rings is 3. The zero-order valence-electron chi connectivity index (χ0n) is 18.0. The Morgan fingerprint density at radius 1 is 1.00 bits per heavy atom. The SMILES string of the molecule is CCC(NC)C(O)C(=O)OC(c1ccccc1)(c1ccc(C)cc1)c1ccccc1Cl. The average Bonchev–Trinajstić information content (AvgIpc) is 2.80. The van der Waals surface area contributed by atoms with Crippen LogP contribution in [0.3, 0.4) is 0 Å². The summed E-state index contributed by atoms with van der Waals surface area (Å²) in [5.41, 5.74) is 1.87. The number of aryl methyl sites for hydroxylation is 1. The lowest BCUT2D eigenvalue weighted by Gasteiger charge is -2.37. The van der Waals surface area contributed by atoms with Crippen LogP contribution in [-0.4, -0.2) is 30.3 Å². The van der Waals surface area contributed by atoms with Crippen molar-refractivity contribution in [3.05, 3.63) is 106 Å². The number of esters is 1. The predicted molar refractivity (Wildman–Crippen MR) is 124 cm³/mol. The van der Waals surface area contributed by atoms with Crippen LogP contribution in [0.2, 0.25) is 5.02 Å². The third-order valence-corrected chi connectivity index (χ3v) is 5.91. The van der Waals surface area contributed by atoms with E-state index >= 15 is 0 Å². The van der Waals surface area contributed by atoms with Crippen molar-refractivity contribution in [1.82, 2.24) is 5.32 Å². The van der Waals surface area contributed by atoms with E-state index in [1.807, 2.05) is 86.6 Å². The van der Waals surface area contributed by atoms with Crippen molar-refractivity contribution in [3.63, 3.8) is 0 Å². The largest absolute Gasteiger partial charge is 0.442 e. The quantitative estimate of drug-likeness (QED) is 0.391. The van der Waals surface area contributed by atoms with Crippen molar-refractivity contribution < 1.29 is 14.6 Å².